The van der Waals surface area contributed by atoms with E-state index in [0.717, 1.165) is 6.07 Å². The minimum atomic E-state index is -1.13. The molecule has 0 bridgehead atoms. The molecule has 0 heterocycles. The molecular weight excluding hydrogens is 239 g/mol. The van der Waals surface area contributed by atoms with Gasteiger partial charge >= 0.3 is 5.97 Å². The molecule has 0 saturated carbocycles. The molecule has 4 nitrogen and oxygen atoms in total. The van der Waals surface area contributed by atoms with Crippen LogP contribution in [0.2, 0.25) is 5.02 Å². The highest BCUT2D eigenvalue weighted by atomic mass is 35.5. The van der Waals surface area contributed by atoms with Crippen LogP contribution in [-0.4, -0.2) is 25.3 Å². The van der Waals surface area contributed by atoms with Gasteiger partial charge in [-0.25, -0.2) is 4.39 Å². The maximum Gasteiger partial charge on any atom is 0.308 e. The molecule has 0 aliphatic rings. The smallest absolute Gasteiger partial charge is 0.308 e. The van der Waals surface area contributed by atoms with Crippen molar-refractivity contribution in [3.8, 4) is 11.5 Å². The number of carboxylic acid groups (broad SMARTS) is 1. The zero-order valence-electron chi connectivity index (χ0n) is 8.71. The first kappa shape index (κ1) is 12.6. The average Bonchev–Trinajstić information content (AvgIpc) is 2.23. The van der Waals surface area contributed by atoms with Crippen LogP contribution in [0.5, 0.6) is 11.5 Å². The lowest BCUT2D eigenvalue weighted by Crippen LogP contribution is -2.05. The lowest BCUT2D eigenvalue weighted by molar-refractivity contribution is -0.136. The lowest BCUT2D eigenvalue weighted by atomic mass is 10.1. The Bertz CT molecular complexity index is 420. The Labute approximate surface area is 96.5 Å². The molecular formula is C10H10ClFO4. The zero-order valence-corrected chi connectivity index (χ0v) is 9.47. The molecule has 16 heavy (non-hydrogen) atoms. The van der Waals surface area contributed by atoms with E-state index in [1.165, 1.54) is 14.2 Å². The molecule has 88 valence electrons. The normalized spacial score (nSPS) is 10.0. The number of benzene rings is 1. The van der Waals surface area contributed by atoms with E-state index in [2.05, 4.69) is 0 Å². The topological polar surface area (TPSA) is 55.8 Å². The summed E-state index contributed by atoms with van der Waals surface area (Å²) in [5.41, 5.74) is 0.0634. The van der Waals surface area contributed by atoms with Gasteiger partial charge in [0.25, 0.3) is 0 Å². The van der Waals surface area contributed by atoms with E-state index in [9.17, 15) is 9.18 Å². The first-order valence-corrected chi connectivity index (χ1v) is 4.69. The van der Waals surface area contributed by atoms with Crippen LogP contribution in [0.1, 0.15) is 5.56 Å². The third kappa shape index (κ3) is 2.36. The summed E-state index contributed by atoms with van der Waals surface area (Å²) in [6.45, 7) is 0. The molecule has 0 atom stereocenters. The Morgan fingerprint density at radius 3 is 2.56 bits per heavy atom. The van der Waals surface area contributed by atoms with E-state index >= 15 is 0 Å². The van der Waals surface area contributed by atoms with Gasteiger partial charge in [0.1, 0.15) is 5.82 Å². The van der Waals surface area contributed by atoms with Crippen LogP contribution >= 0.6 is 11.6 Å². The number of rotatable bonds is 4. The van der Waals surface area contributed by atoms with E-state index in [0.29, 0.717) is 0 Å². The van der Waals surface area contributed by atoms with Gasteiger partial charge in [-0.3, -0.25) is 4.79 Å². The van der Waals surface area contributed by atoms with Gasteiger partial charge in [-0.2, -0.15) is 0 Å². The summed E-state index contributed by atoms with van der Waals surface area (Å²) in [7, 11) is 2.66. The molecule has 0 unspecified atom stereocenters. The number of ether oxygens (including phenoxy) is 2. The Morgan fingerprint density at radius 2 is 2.12 bits per heavy atom. The summed E-state index contributed by atoms with van der Waals surface area (Å²) >= 11 is 5.68. The van der Waals surface area contributed by atoms with E-state index in [4.69, 9.17) is 26.2 Å². The molecule has 1 N–H and O–H groups in total. The molecule has 1 aromatic carbocycles. The molecule has 0 saturated heterocycles. The van der Waals surface area contributed by atoms with Gasteiger partial charge in [0, 0.05) is 11.6 Å². The standard InChI is InChI=1S/C10H10ClFO4/c1-15-7-4-6(12)9(11)5(3-8(13)14)10(7)16-2/h4H,3H2,1-2H3,(H,13,14). The number of carbonyl (C=O) groups is 1. The molecule has 0 fully saturated rings. The fourth-order valence-corrected chi connectivity index (χ4v) is 1.53. The van der Waals surface area contributed by atoms with Crippen molar-refractivity contribution < 1.29 is 23.8 Å². The van der Waals surface area contributed by atoms with Crippen molar-refractivity contribution in [2.24, 2.45) is 0 Å². The van der Waals surface area contributed by atoms with Crippen LogP contribution in [0.3, 0.4) is 0 Å². The predicted molar refractivity (Wildman–Crippen MR) is 55.9 cm³/mol. The average molecular weight is 249 g/mol. The highest BCUT2D eigenvalue weighted by molar-refractivity contribution is 6.32. The Hall–Kier alpha value is -1.49. The maximum atomic E-state index is 13.3. The zero-order chi connectivity index (χ0) is 12.3. The molecule has 0 spiro atoms. The van der Waals surface area contributed by atoms with Gasteiger partial charge in [-0.05, 0) is 0 Å². The van der Waals surface area contributed by atoms with Crippen molar-refractivity contribution in [1.82, 2.24) is 0 Å². The molecule has 1 aromatic rings. The molecule has 0 amide bonds. The SMILES string of the molecule is COc1cc(F)c(Cl)c(CC(=O)O)c1OC. The minimum Gasteiger partial charge on any atom is -0.493 e. The van der Waals surface area contributed by atoms with Crippen molar-refractivity contribution in [3.63, 3.8) is 0 Å². The fraction of sp³-hybridized carbons (Fsp3) is 0.300. The number of hydrogen-bond acceptors (Lipinski definition) is 3. The first-order valence-electron chi connectivity index (χ1n) is 4.31. The van der Waals surface area contributed by atoms with Gasteiger partial charge in [0.2, 0.25) is 0 Å². The summed E-state index contributed by atoms with van der Waals surface area (Å²) in [5.74, 6) is -1.62. The van der Waals surface area contributed by atoms with E-state index in [1.807, 2.05) is 0 Å². The highest BCUT2D eigenvalue weighted by Crippen LogP contribution is 2.38. The van der Waals surface area contributed by atoms with Crippen LogP contribution in [0.4, 0.5) is 4.39 Å². The van der Waals surface area contributed by atoms with Gasteiger partial charge in [-0.15, -0.1) is 0 Å². The van der Waals surface area contributed by atoms with Crippen molar-refractivity contribution in [1.29, 1.82) is 0 Å². The van der Waals surface area contributed by atoms with Gasteiger partial charge < -0.3 is 14.6 Å². The van der Waals surface area contributed by atoms with Crippen molar-refractivity contribution in [3.05, 3.63) is 22.5 Å². The lowest BCUT2D eigenvalue weighted by Gasteiger charge is -2.13. The van der Waals surface area contributed by atoms with E-state index in [-0.39, 0.29) is 22.1 Å². The second kappa shape index (κ2) is 5.03. The summed E-state index contributed by atoms with van der Waals surface area (Å²) in [4.78, 5) is 10.6. The number of hydrogen-bond donors (Lipinski definition) is 1. The third-order valence-electron chi connectivity index (χ3n) is 1.98. The van der Waals surface area contributed by atoms with Crippen LogP contribution in [-0.2, 0) is 11.2 Å². The molecule has 0 radical (unpaired) electrons. The summed E-state index contributed by atoms with van der Waals surface area (Å²) in [6.07, 6.45) is -0.434. The second-order valence-corrected chi connectivity index (χ2v) is 3.33. The summed E-state index contributed by atoms with van der Waals surface area (Å²) in [6, 6.07) is 1.05. The monoisotopic (exact) mass is 248 g/mol. The predicted octanol–water partition coefficient (Wildman–Crippen LogP) is 2.12. The van der Waals surface area contributed by atoms with E-state index < -0.39 is 18.2 Å². The van der Waals surface area contributed by atoms with Crippen molar-refractivity contribution >= 4 is 17.6 Å². The van der Waals surface area contributed by atoms with Crippen LogP contribution in [0, 0.1) is 5.82 Å². The van der Waals surface area contributed by atoms with E-state index in [1.54, 1.807) is 0 Å². The summed E-state index contributed by atoms with van der Waals surface area (Å²) < 4.78 is 23.2. The largest absolute Gasteiger partial charge is 0.493 e. The van der Waals surface area contributed by atoms with Gasteiger partial charge in [0.15, 0.2) is 11.5 Å². The maximum absolute atomic E-state index is 13.3. The van der Waals surface area contributed by atoms with Crippen LogP contribution in [0.15, 0.2) is 6.07 Å². The fourth-order valence-electron chi connectivity index (χ4n) is 1.32. The molecule has 0 aromatic heterocycles. The van der Waals surface area contributed by atoms with Gasteiger partial charge in [-0.1, -0.05) is 11.6 Å². The Balaban J connectivity index is 3.40. The first-order chi connectivity index (χ1) is 7.51. The quantitative estimate of drug-likeness (QED) is 0.887. The molecule has 6 heteroatoms. The molecule has 0 aliphatic carbocycles. The number of aliphatic carboxylic acids is 1. The minimum absolute atomic E-state index is 0.0634. The van der Waals surface area contributed by atoms with Crippen molar-refractivity contribution in [2.75, 3.05) is 14.2 Å². The highest BCUT2D eigenvalue weighted by Gasteiger charge is 2.20. The van der Waals surface area contributed by atoms with Crippen LogP contribution < -0.4 is 9.47 Å². The Morgan fingerprint density at radius 1 is 1.50 bits per heavy atom. The van der Waals surface area contributed by atoms with Gasteiger partial charge in [0.05, 0.1) is 25.7 Å². The number of methoxy groups -OCH3 is 2. The number of carboxylic acids is 1. The molecule has 0 aliphatic heterocycles. The second-order valence-electron chi connectivity index (χ2n) is 2.96. The third-order valence-corrected chi connectivity index (χ3v) is 2.39. The Kier molecular flexibility index (Phi) is 3.95. The van der Waals surface area contributed by atoms with Crippen molar-refractivity contribution in [2.45, 2.75) is 6.42 Å². The molecule has 1 rings (SSSR count). The van der Waals surface area contributed by atoms with Crippen LogP contribution in [0.25, 0.3) is 0 Å². The number of halogens is 2. The summed E-state index contributed by atoms with van der Waals surface area (Å²) in [5, 5.41) is 8.42.